The lowest BCUT2D eigenvalue weighted by molar-refractivity contribution is -0.120. The van der Waals surface area contributed by atoms with Gasteiger partial charge < -0.3 is 35.1 Å². The summed E-state index contributed by atoms with van der Waals surface area (Å²) in [6.07, 6.45) is 5.59. The van der Waals surface area contributed by atoms with E-state index >= 15 is 0 Å². The van der Waals surface area contributed by atoms with Crippen molar-refractivity contribution in [1.29, 1.82) is 5.26 Å². The van der Waals surface area contributed by atoms with Crippen LogP contribution in [0, 0.1) is 18.3 Å². The average molecular weight is 785 g/mol. The van der Waals surface area contributed by atoms with Gasteiger partial charge in [0.05, 0.1) is 47.4 Å². The Kier molecular flexibility index (Phi) is 14.8. The first kappa shape index (κ1) is 41.0. The molecule has 5 rings (SSSR count). The first-order valence-corrected chi connectivity index (χ1v) is 18.4. The highest BCUT2D eigenvalue weighted by Crippen LogP contribution is 2.39. The Morgan fingerprint density at radius 3 is 2.44 bits per heavy atom. The number of ether oxygens (including phenoxy) is 3. The third-order valence-electron chi connectivity index (χ3n) is 8.89. The van der Waals surface area contributed by atoms with Crippen LogP contribution in [0.4, 0.5) is 0 Å². The predicted molar refractivity (Wildman–Crippen MR) is 211 cm³/mol. The molecule has 4 N–H and O–H groups in total. The zero-order valence-corrected chi connectivity index (χ0v) is 32.2. The molecule has 0 radical (unpaired) electrons. The number of carbonyl (C=O) groups excluding carboxylic acids is 1. The number of aromatic nitrogens is 2. The van der Waals surface area contributed by atoms with Gasteiger partial charge in [0.1, 0.15) is 36.5 Å². The molecule has 5 aromatic rings. The number of amides is 1. The second-order valence-corrected chi connectivity index (χ2v) is 13.9. The van der Waals surface area contributed by atoms with E-state index in [0.29, 0.717) is 69.3 Å². The summed E-state index contributed by atoms with van der Waals surface area (Å²) in [5.41, 5.74) is 5.17. The first-order chi connectivity index (χ1) is 26.6. The van der Waals surface area contributed by atoms with E-state index in [4.69, 9.17) is 37.4 Å². The van der Waals surface area contributed by atoms with Crippen LogP contribution in [0.1, 0.15) is 46.9 Å². The molecular formula is C42H43Cl2N5O6. The normalized spacial score (nSPS) is 11.1. The number of halogens is 2. The highest BCUT2D eigenvalue weighted by Gasteiger charge is 2.23. The van der Waals surface area contributed by atoms with Gasteiger partial charge in [-0.25, -0.2) is 0 Å². The zero-order valence-electron chi connectivity index (χ0n) is 30.6. The van der Waals surface area contributed by atoms with E-state index in [-0.39, 0.29) is 45.3 Å². The van der Waals surface area contributed by atoms with E-state index in [2.05, 4.69) is 26.7 Å². The minimum absolute atomic E-state index is 0.0965. The van der Waals surface area contributed by atoms with Crippen molar-refractivity contribution in [2.45, 2.75) is 52.0 Å². The van der Waals surface area contributed by atoms with Crippen LogP contribution in [0.3, 0.4) is 0 Å². The first-order valence-electron chi connectivity index (χ1n) is 17.7. The van der Waals surface area contributed by atoms with Crippen molar-refractivity contribution >= 4 is 29.1 Å². The molecule has 0 aliphatic rings. The van der Waals surface area contributed by atoms with Crippen LogP contribution < -0.4 is 24.8 Å². The summed E-state index contributed by atoms with van der Waals surface area (Å²) in [5.74, 6) is 1.30. The monoisotopic (exact) mass is 783 g/mol. The van der Waals surface area contributed by atoms with E-state index in [1.165, 1.54) is 6.20 Å². The van der Waals surface area contributed by atoms with Crippen molar-refractivity contribution in [1.82, 2.24) is 20.6 Å². The van der Waals surface area contributed by atoms with Gasteiger partial charge in [0.25, 0.3) is 0 Å². The van der Waals surface area contributed by atoms with Gasteiger partial charge in [-0.15, -0.1) is 0 Å². The molecule has 2 heterocycles. The average Bonchev–Trinajstić information content (AvgIpc) is 3.20. The van der Waals surface area contributed by atoms with Crippen molar-refractivity contribution in [3.8, 4) is 34.4 Å². The topological polar surface area (TPSA) is 159 Å². The summed E-state index contributed by atoms with van der Waals surface area (Å²) < 4.78 is 18.5. The summed E-state index contributed by atoms with van der Waals surface area (Å²) in [7, 11) is 0. The molecule has 0 saturated carbocycles. The van der Waals surface area contributed by atoms with Gasteiger partial charge >= 0.3 is 0 Å². The van der Waals surface area contributed by atoms with Crippen LogP contribution in [0.5, 0.6) is 17.2 Å². The minimum Gasteiger partial charge on any atom is -0.492 e. The minimum atomic E-state index is -0.929. The molecule has 0 spiro atoms. The number of carbonyl (C=O) groups is 1. The fraction of sp³-hybridized carbons (Fsp3) is 0.286. The SMILES string of the molecule is Cc1c(COc2cc(OCc3cncc(C#N)c3)c(CNC(C)(CO)CO)cc2Cl)cccc1-c1cccc(OCCCNC(=O)Cc2ccccn2)c1Cl. The number of aliphatic hydroxyl groups is 2. The summed E-state index contributed by atoms with van der Waals surface area (Å²) in [6, 6.07) is 24.2. The maximum absolute atomic E-state index is 12.2. The number of pyridine rings is 2. The predicted octanol–water partition coefficient (Wildman–Crippen LogP) is 6.75. The number of nitriles is 1. The summed E-state index contributed by atoms with van der Waals surface area (Å²) in [4.78, 5) is 20.5. The van der Waals surface area contributed by atoms with Gasteiger partial charge in [-0.2, -0.15) is 5.26 Å². The Morgan fingerprint density at radius 2 is 1.67 bits per heavy atom. The molecule has 2 aromatic heterocycles. The van der Waals surface area contributed by atoms with Crippen LogP contribution in [0.15, 0.2) is 91.4 Å². The number of nitrogens with one attached hydrogen (secondary N) is 2. The van der Waals surface area contributed by atoms with Gasteiger partial charge in [-0.05, 0) is 67.3 Å². The van der Waals surface area contributed by atoms with E-state index in [1.54, 1.807) is 37.5 Å². The molecule has 0 saturated heterocycles. The van der Waals surface area contributed by atoms with Crippen LogP contribution in [0.2, 0.25) is 10.0 Å². The van der Waals surface area contributed by atoms with Gasteiger partial charge in [-0.1, -0.05) is 59.6 Å². The van der Waals surface area contributed by atoms with Gasteiger partial charge in [0.15, 0.2) is 0 Å². The number of benzene rings is 3. The lowest BCUT2D eigenvalue weighted by Gasteiger charge is -2.27. The smallest absolute Gasteiger partial charge is 0.226 e. The molecule has 0 aliphatic carbocycles. The Morgan fingerprint density at radius 1 is 0.891 bits per heavy atom. The number of nitrogens with zero attached hydrogens (tertiary/aromatic N) is 3. The van der Waals surface area contributed by atoms with Crippen molar-refractivity contribution in [2.24, 2.45) is 0 Å². The van der Waals surface area contributed by atoms with Crippen LogP contribution in [0.25, 0.3) is 11.1 Å². The van der Waals surface area contributed by atoms with Crippen LogP contribution >= 0.6 is 23.2 Å². The molecule has 1 amide bonds. The molecule has 3 aromatic carbocycles. The Balaban J connectivity index is 1.26. The quantitative estimate of drug-likeness (QED) is 0.0661. The van der Waals surface area contributed by atoms with Crippen molar-refractivity contribution < 1.29 is 29.2 Å². The van der Waals surface area contributed by atoms with Gasteiger partial charge in [0.2, 0.25) is 5.91 Å². The van der Waals surface area contributed by atoms with Gasteiger partial charge in [-0.3, -0.25) is 14.8 Å². The molecule has 13 heteroatoms. The molecule has 11 nitrogen and oxygen atoms in total. The number of aliphatic hydroxyl groups excluding tert-OH is 2. The summed E-state index contributed by atoms with van der Waals surface area (Å²) in [6.45, 7) is 4.52. The Hall–Kier alpha value is -5.22. The summed E-state index contributed by atoms with van der Waals surface area (Å²) >= 11 is 13.6. The van der Waals surface area contributed by atoms with E-state index < -0.39 is 5.54 Å². The molecule has 0 atom stereocenters. The molecule has 55 heavy (non-hydrogen) atoms. The van der Waals surface area contributed by atoms with E-state index in [0.717, 1.165) is 22.3 Å². The number of rotatable bonds is 19. The third kappa shape index (κ3) is 11.4. The Labute approximate surface area is 330 Å². The fourth-order valence-corrected chi connectivity index (χ4v) is 6.07. The summed E-state index contributed by atoms with van der Waals surface area (Å²) in [5, 5.41) is 35.8. The largest absolute Gasteiger partial charge is 0.492 e. The highest BCUT2D eigenvalue weighted by atomic mass is 35.5. The van der Waals surface area contributed by atoms with Crippen molar-refractivity contribution in [3.63, 3.8) is 0 Å². The molecular weight excluding hydrogens is 741 g/mol. The standard InChI is InChI=1S/C42H43Cl2N5O6/c1-28-31(8-5-10-34(28)35-11-6-12-37(41(35)44)53-15-7-14-48-40(52)18-33-9-3-4-13-47-33)25-55-39-19-38(54-24-30-16-29(20-45)21-46-22-30)32(17-36(39)43)23-49-42(2,26-50)27-51/h3-6,8-13,16-17,19,21-22,49-51H,7,14-15,18,23-27H2,1-2H3,(H,48,52). The van der Waals surface area contributed by atoms with Crippen molar-refractivity contribution in [3.05, 3.63) is 135 Å². The maximum atomic E-state index is 12.2. The molecule has 286 valence electrons. The molecule has 0 aliphatic heterocycles. The maximum Gasteiger partial charge on any atom is 0.226 e. The second kappa shape index (κ2) is 19.9. The number of hydrogen-bond donors (Lipinski definition) is 4. The molecule has 0 fully saturated rings. The zero-order chi connectivity index (χ0) is 39.2. The van der Waals surface area contributed by atoms with Gasteiger partial charge in [0, 0.05) is 60.1 Å². The lowest BCUT2D eigenvalue weighted by atomic mass is 9.96. The Bertz CT molecular complexity index is 2110. The third-order valence-corrected chi connectivity index (χ3v) is 9.57. The van der Waals surface area contributed by atoms with Crippen molar-refractivity contribution in [2.75, 3.05) is 26.4 Å². The second-order valence-electron chi connectivity index (χ2n) is 13.1. The lowest BCUT2D eigenvalue weighted by Crippen LogP contribution is -2.48. The fourth-order valence-electron chi connectivity index (χ4n) is 5.55. The number of hydrogen-bond acceptors (Lipinski definition) is 10. The van der Waals surface area contributed by atoms with Crippen LogP contribution in [-0.2, 0) is 31.0 Å². The van der Waals surface area contributed by atoms with E-state index in [9.17, 15) is 20.3 Å². The van der Waals surface area contributed by atoms with E-state index in [1.807, 2.05) is 61.5 Å². The molecule has 0 unspecified atom stereocenters. The highest BCUT2D eigenvalue weighted by molar-refractivity contribution is 6.35. The van der Waals surface area contributed by atoms with Crippen LogP contribution in [-0.4, -0.2) is 58.0 Å². The molecule has 0 bridgehead atoms.